The molecule has 146 valence electrons. The fraction of sp³-hybridized carbons (Fsp3) is 0.682. The van der Waals surface area contributed by atoms with Crippen molar-refractivity contribution in [2.24, 2.45) is 0 Å². The van der Waals surface area contributed by atoms with Crippen molar-refractivity contribution in [3.8, 4) is 0 Å². The molecular weight excluding hydrogens is 322 g/mol. The zero-order chi connectivity index (χ0) is 19.1. The Bertz CT molecular complexity index is 562. The number of hydrogen-bond acceptors (Lipinski definition) is 3. The van der Waals surface area contributed by atoms with Crippen LogP contribution in [0.15, 0.2) is 24.3 Å². The zero-order valence-corrected chi connectivity index (χ0v) is 17.4. The van der Waals surface area contributed by atoms with E-state index in [4.69, 9.17) is 0 Å². The summed E-state index contributed by atoms with van der Waals surface area (Å²) in [7, 11) is 4.27. The lowest BCUT2D eigenvalue weighted by atomic mass is 9.85. The van der Waals surface area contributed by atoms with Crippen LogP contribution in [0.5, 0.6) is 0 Å². The SMILES string of the molecule is CCN(C(=O)CN1CCC(c2ccccc2CCN(C)C)CC1)C(C)C. The van der Waals surface area contributed by atoms with Gasteiger partial charge in [-0.2, -0.15) is 0 Å². The summed E-state index contributed by atoms with van der Waals surface area (Å²) in [6, 6.07) is 9.22. The molecule has 1 amide bonds. The first-order chi connectivity index (χ1) is 12.4. The number of amides is 1. The fourth-order valence-electron chi connectivity index (χ4n) is 4.02. The molecule has 2 rings (SSSR count). The molecule has 0 unspecified atom stereocenters. The van der Waals surface area contributed by atoms with Gasteiger partial charge in [0, 0.05) is 19.1 Å². The Hall–Kier alpha value is -1.39. The van der Waals surface area contributed by atoms with Gasteiger partial charge in [-0.25, -0.2) is 0 Å². The first-order valence-electron chi connectivity index (χ1n) is 10.2. The van der Waals surface area contributed by atoms with Crippen LogP contribution in [0.1, 0.15) is 50.7 Å². The van der Waals surface area contributed by atoms with Gasteiger partial charge in [-0.05, 0) is 84.3 Å². The van der Waals surface area contributed by atoms with Crippen molar-refractivity contribution in [2.45, 2.75) is 52.0 Å². The van der Waals surface area contributed by atoms with E-state index in [1.165, 1.54) is 11.1 Å². The van der Waals surface area contributed by atoms with Crippen molar-refractivity contribution < 1.29 is 4.79 Å². The van der Waals surface area contributed by atoms with Crippen LogP contribution < -0.4 is 0 Å². The van der Waals surface area contributed by atoms with Crippen LogP contribution in [-0.4, -0.2) is 73.5 Å². The van der Waals surface area contributed by atoms with Gasteiger partial charge in [0.25, 0.3) is 0 Å². The summed E-state index contributed by atoms with van der Waals surface area (Å²) < 4.78 is 0. The van der Waals surface area contributed by atoms with Gasteiger partial charge in [0.15, 0.2) is 0 Å². The summed E-state index contributed by atoms with van der Waals surface area (Å²) in [4.78, 5) is 19.1. The Morgan fingerprint density at radius 2 is 1.85 bits per heavy atom. The highest BCUT2D eigenvalue weighted by atomic mass is 16.2. The van der Waals surface area contributed by atoms with Gasteiger partial charge in [-0.15, -0.1) is 0 Å². The highest BCUT2D eigenvalue weighted by Gasteiger charge is 2.25. The molecule has 1 fully saturated rings. The molecule has 0 atom stereocenters. The Morgan fingerprint density at radius 3 is 2.42 bits per heavy atom. The van der Waals surface area contributed by atoms with Gasteiger partial charge >= 0.3 is 0 Å². The number of hydrogen-bond donors (Lipinski definition) is 0. The second-order valence-electron chi connectivity index (χ2n) is 8.08. The number of carbonyl (C=O) groups excluding carboxylic acids is 1. The van der Waals surface area contributed by atoms with Gasteiger partial charge in [0.2, 0.25) is 5.91 Å². The summed E-state index contributed by atoms with van der Waals surface area (Å²) in [6.07, 6.45) is 3.42. The number of rotatable bonds is 8. The Kier molecular flexibility index (Phi) is 8.11. The van der Waals surface area contributed by atoms with Crippen molar-refractivity contribution in [1.82, 2.24) is 14.7 Å². The minimum absolute atomic E-state index is 0.271. The molecule has 1 aliphatic heterocycles. The Balaban J connectivity index is 1.91. The van der Waals surface area contributed by atoms with E-state index in [1.54, 1.807) is 0 Å². The highest BCUT2D eigenvalue weighted by Crippen LogP contribution is 2.30. The number of carbonyl (C=O) groups is 1. The van der Waals surface area contributed by atoms with Crippen LogP contribution in [-0.2, 0) is 11.2 Å². The molecule has 0 aromatic heterocycles. The normalized spacial score (nSPS) is 16.4. The molecule has 0 spiro atoms. The summed E-state index contributed by atoms with van der Waals surface area (Å²) >= 11 is 0. The molecule has 26 heavy (non-hydrogen) atoms. The average molecular weight is 360 g/mol. The predicted molar refractivity (Wildman–Crippen MR) is 110 cm³/mol. The van der Waals surface area contributed by atoms with Crippen LogP contribution in [0.2, 0.25) is 0 Å². The smallest absolute Gasteiger partial charge is 0.236 e. The Morgan fingerprint density at radius 1 is 1.19 bits per heavy atom. The maximum absolute atomic E-state index is 12.5. The molecule has 0 radical (unpaired) electrons. The second-order valence-corrected chi connectivity index (χ2v) is 8.08. The van der Waals surface area contributed by atoms with Crippen LogP contribution in [0.4, 0.5) is 0 Å². The van der Waals surface area contributed by atoms with E-state index in [0.29, 0.717) is 12.5 Å². The minimum atomic E-state index is 0.271. The molecule has 1 heterocycles. The van der Waals surface area contributed by atoms with E-state index in [-0.39, 0.29) is 11.9 Å². The van der Waals surface area contributed by atoms with E-state index in [1.807, 2.05) is 4.90 Å². The van der Waals surface area contributed by atoms with E-state index in [9.17, 15) is 4.79 Å². The third-order valence-electron chi connectivity index (χ3n) is 5.55. The van der Waals surface area contributed by atoms with Gasteiger partial charge in [-0.1, -0.05) is 24.3 Å². The molecule has 0 bridgehead atoms. The summed E-state index contributed by atoms with van der Waals surface area (Å²) in [5.41, 5.74) is 3.02. The third-order valence-corrected chi connectivity index (χ3v) is 5.55. The summed E-state index contributed by atoms with van der Waals surface area (Å²) in [5.74, 6) is 0.902. The molecule has 0 N–H and O–H groups in total. The van der Waals surface area contributed by atoms with Crippen LogP contribution in [0.3, 0.4) is 0 Å². The maximum Gasteiger partial charge on any atom is 0.236 e. The average Bonchev–Trinajstić information content (AvgIpc) is 2.61. The zero-order valence-electron chi connectivity index (χ0n) is 17.4. The number of likely N-dealkylation sites (N-methyl/N-ethyl adjacent to an activating group) is 2. The van der Waals surface area contributed by atoms with Crippen molar-refractivity contribution in [2.75, 3.05) is 46.8 Å². The van der Waals surface area contributed by atoms with Crippen molar-refractivity contribution in [1.29, 1.82) is 0 Å². The van der Waals surface area contributed by atoms with E-state index in [2.05, 4.69) is 68.9 Å². The highest BCUT2D eigenvalue weighted by molar-refractivity contribution is 5.78. The molecule has 0 saturated carbocycles. The van der Waals surface area contributed by atoms with Gasteiger partial charge in [0.1, 0.15) is 0 Å². The van der Waals surface area contributed by atoms with Crippen LogP contribution in [0.25, 0.3) is 0 Å². The molecule has 4 heteroatoms. The molecule has 0 aliphatic carbocycles. The lowest BCUT2D eigenvalue weighted by Crippen LogP contribution is -2.45. The maximum atomic E-state index is 12.5. The monoisotopic (exact) mass is 359 g/mol. The number of nitrogens with zero attached hydrogens (tertiary/aromatic N) is 3. The molecular formula is C22H37N3O. The summed E-state index contributed by atoms with van der Waals surface area (Å²) in [5, 5.41) is 0. The van der Waals surface area contributed by atoms with Crippen LogP contribution in [0, 0.1) is 0 Å². The molecule has 4 nitrogen and oxygen atoms in total. The van der Waals surface area contributed by atoms with Crippen molar-refractivity contribution in [3.63, 3.8) is 0 Å². The standard InChI is InChI=1S/C22H37N3O/c1-6-25(18(2)3)22(26)17-24-15-12-20(13-16-24)21-10-8-7-9-19(21)11-14-23(4)5/h7-10,18,20H,6,11-17H2,1-5H3. The second kappa shape index (κ2) is 10.1. The van der Waals surface area contributed by atoms with Gasteiger partial charge in [-0.3, -0.25) is 9.69 Å². The first kappa shape index (κ1) is 20.9. The third kappa shape index (κ3) is 5.82. The van der Waals surface area contributed by atoms with E-state index in [0.717, 1.165) is 45.4 Å². The lowest BCUT2D eigenvalue weighted by molar-refractivity contribution is -0.134. The quantitative estimate of drug-likeness (QED) is 0.713. The fourth-order valence-corrected chi connectivity index (χ4v) is 4.02. The molecule has 1 saturated heterocycles. The lowest BCUT2D eigenvalue weighted by Gasteiger charge is -2.34. The minimum Gasteiger partial charge on any atom is -0.339 e. The van der Waals surface area contributed by atoms with Gasteiger partial charge < -0.3 is 9.80 Å². The van der Waals surface area contributed by atoms with E-state index < -0.39 is 0 Å². The number of likely N-dealkylation sites (tertiary alicyclic amines) is 1. The predicted octanol–water partition coefficient (Wildman–Crippen LogP) is 3.23. The van der Waals surface area contributed by atoms with Crippen molar-refractivity contribution in [3.05, 3.63) is 35.4 Å². The number of benzene rings is 1. The molecule has 1 aromatic carbocycles. The molecule has 1 aliphatic rings. The first-order valence-corrected chi connectivity index (χ1v) is 10.2. The largest absolute Gasteiger partial charge is 0.339 e. The summed E-state index contributed by atoms with van der Waals surface area (Å²) in [6.45, 7) is 10.8. The van der Waals surface area contributed by atoms with Gasteiger partial charge in [0.05, 0.1) is 6.54 Å². The molecule has 1 aromatic rings. The van der Waals surface area contributed by atoms with E-state index >= 15 is 0 Å². The van der Waals surface area contributed by atoms with Crippen LogP contribution >= 0.6 is 0 Å². The topological polar surface area (TPSA) is 26.8 Å². The Labute approximate surface area is 160 Å². The number of piperidine rings is 1. The van der Waals surface area contributed by atoms with Crippen molar-refractivity contribution >= 4 is 5.91 Å².